The summed E-state index contributed by atoms with van der Waals surface area (Å²) in [5, 5.41) is 9.56. The number of carbonyl (C=O) groups is 2. The van der Waals surface area contributed by atoms with Crippen LogP contribution in [0.1, 0.15) is 26.7 Å². The molecular weight excluding hydrogens is 260 g/mol. The zero-order valence-electron chi connectivity index (χ0n) is 11.5. The molecule has 0 aliphatic carbocycles. The van der Waals surface area contributed by atoms with Crippen molar-refractivity contribution in [3.05, 3.63) is 18.2 Å². The van der Waals surface area contributed by atoms with Gasteiger partial charge in [-0.1, -0.05) is 13.8 Å². The first-order valence-corrected chi connectivity index (χ1v) is 6.56. The molecule has 0 saturated carbocycles. The second-order valence-corrected chi connectivity index (χ2v) is 4.81. The number of phenols is 1. The van der Waals surface area contributed by atoms with Gasteiger partial charge in [0.05, 0.1) is 5.69 Å². The number of rotatable bonds is 4. The van der Waals surface area contributed by atoms with Crippen LogP contribution in [-0.2, 0) is 9.59 Å². The Hall–Kier alpha value is -2.24. The summed E-state index contributed by atoms with van der Waals surface area (Å²) in [6.07, 6.45) is 0.930. The normalized spacial score (nSPS) is 16.5. The van der Waals surface area contributed by atoms with Gasteiger partial charge in [-0.25, -0.2) is 0 Å². The minimum atomic E-state index is -1.02. The van der Waals surface area contributed by atoms with Crippen LogP contribution in [0.25, 0.3) is 0 Å². The van der Waals surface area contributed by atoms with E-state index in [1.54, 1.807) is 6.07 Å². The molecule has 0 spiro atoms. The van der Waals surface area contributed by atoms with E-state index in [1.807, 2.05) is 13.8 Å². The number of phenolic OH excluding ortho intramolecular Hbond substituents is 1. The highest BCUT2D eigenvalue weighted by molar-refractivity contribution is 6.06. The van der Waals surface area contributed by atoms with Crippen molar-refractivity contribution in [3.63, 3.8) is 0 Å². The topological polar surface area (TPSA) is 92.9 Å². The molecule has 6 heteroatoms. The summed E-state index contributed by atoms with van der Waals surface area (Å²) in [6.45, 7) is 3.48. The molecule has 0 unspecified atom stereocenters. The molecule has 1 aromatic carbocycles. The van der Waals surface area contributed by atoms with Gasteiger partial charge < -0.3 is 15.6 Å². The number of carbonyl (C=O) groups excluding carboxylic acids is 2. The molecule has 20 heavy (non-hydrogen) atoms. The van der Waals surface area contributed by atoms with E-state index in [2.05, 4.69) is 0 Å². The van der Waals surface area contributed by atoms with Crippen LogP contribution in [-0.4, -0.2) is 29.1 Å². The molecule has 3 N–H and O–H groups in total. The van der Waals surface area contributed by atoms with Crippen molar-refractivity contribution in [1.29, 1.82) is 0 Å². The number of anilines is 1. The zero-order chi connectivity index (χ0) is 14.9. The lowest BCUT2D eigenvalue weighted by molar-refractivity contribution is -0.137. The molecule has 0 aromatic heterocycles. The Labute approximate surface area is 117 Å². The van der Waals surface area contributed by atoms with Gasteiger partial charge in [-0.05, 0) is 25.0 Å². The molecule has 0 fully saturated rings. The second kappa shape index (κ2) is 5.03. The van der Waals surface area contributed by atoms with Gasteiger partial charge in [0.25, 0.3) is 5.91 Å². The Morgan fingerprint density at radius 1 is 1.40 bits per heavy atom. The predicted molar refractivity (Wildman–Crippen MR) is 73.6 cm³/mol. The number of hydrogen-bond donors (Lipinski definition) is 2. The number of hydrogen-bond acceptors (Lipinski definition) is 4. The highest BCUT2D eigenvalue weighted by atomic mass is 16.5. The van der Waals surface area contributed by atoms with Gasteiger partial charge in [-0.15, -0.1) is 0 Å². The third-order valence-electron chi connectivity index (χ3n) is 3.63. The van der Waals surface area contributed by atoms with E-state index in [1.165, 1.54) is 17.0 Å². The van der Waals surface area contributed by atoms with Gasteiger partial charge in [0.1, 0.15) is 18.0 Å². The molecule has 6 nitrogen and oxygen atoms in total. The quantitative estimate of drug-likeness (QED) is 0.864. The smallest absolute Gasteiger partial charge is 0.271 e. The number of aromatic hydroxyl groups is 1. The average Bonchev–Trinajstić information content (AvgIpc) is 2.41. The lowest BCUT2D eigenvalue weighted by Gasteiger charge is -2.41. The molecule has 2 amide bonds. The molecule has 1 heterocycles. The van der Waals surface area contributed by atoms with Gasteiger partial charge >= 0.3 is 0 Å². The Balaban J connectivity index is 2.55. The predicted octanol–water partition coefficient (Wildman–Crippen LogP) is 1.16. The fourth-order valence-electron chi connectivity index (χ4n) is 2.43. The molecule has 0 bridgehead atoms. The van der Waals surface area contributed by atoms with E-state index in [-0.39, 0.29) is 18.2 Å². The zero-order valence-corrected chi connectivity index (χ0v) is 11.5. The highest BCUT2D eigenvalue weighted by Crippen LogP contribution is 2.42. The molecule has 1 aliphatic heterocycles. The maximum Gasteiger partial charge on any atom is 0.271 e. The number of fused-ring (bicyclic) bond motifs is 1. The number of primary amides is 1. The van der Waals surface area contributed by atoms with Crippen LogP contribution in [0.4, 0.5) is 5.69 Å². The number of amides is 2. The number of nitrogens with zero attached hydrogens (tertiary/aromatic N) is 1. The van der Waals surface area contributed by atoms with Crippen molar-refractivity contribution in [1.82, 2.24) is 0 Å². The Morgan fingerprint density at radius 2 is 2.05 bits per heavy atom. The van der Waals surface area contributed by atoms with E-state index < -0.39 is 11.5 Å². The van der Waals surface area contributed by atoms with Crippen molar-refractivity contribution in [2.75, 3.05) is 11.4 Å². The number of nitrogens with two attached hydrogens (primary N) is 1. The van der Waals surface area contributed by atoms with E-state index in [4.69, 9.17) is 10.5 Å². The van der Waals surface area contributed by atoms with Crippen LogP contribution in [0, 0.1) is 0 Å². The van der Waals surface area contributed by atoms with Gasteiger partial charge in [-0.3, -0.25) is 14.5 Å². The summed E-state index contributed by atoms with van der Waals surface area (Å²) in [5.74, 6) is -0.451. The lowest BCUT2D eigenvalue weighted by Crippen LogP contribution is -2.57. The van der Waals surface area contributed by atoms with E-state index >= 15 is 0 Å². The van der Waals surface area contributed by atoms with Gasteiger partial charge in [-0.2, -0.15) is 0 Å². The van der Waals surface area contributed by atoms with E-state index in [0.717, 1.165) is 0 Å². The van der Waals surface area contributed by atoms with E-state index in [0.29, 0.717) is 24.3 Å². The third-order valence-corrected chi connectivity index (χ3v) is 3.63. The summed E-state index contributed by atoms with van der Waals surface area (Å²) < 4.78 is 5.82. The fourth-order valence-corrected chi connectivity index (χ4v) is 2.43. The third kappa shape index (κ3) is 2.17. The SMILES string of the molecule is CCC1(CC)Oc2cc(O)ccc2N(CC(N)=O)C1=O. The molecule has 0 saturated heterocycles. The van der Waals surface area contributed by atoms with Gasteiger partial charge in [0.15, 0.2) is 5.60 Å². The average molecular weight is 278 g/mol. The van der Waals surface area contributed by atoms with Crippen molar-refractivity contribution < 1.29 is 19.4 Å². The lowest BCUT2D eigenvalue weighted by atomic mass is 9.92. The molecule has 2 rings (SSSR count). The summed E-state index contributed by atoms with van der Waals surface area (Å²) >= 11 is 0. The minimum absolute atomic E-state index is 0.0400. The van der Waals surface area contributed by atoms with Crippen molar-refractivity contribution in [2.45, 2.75) is 32.3 Å². The summed E-state index contributed by atoms with van der Waals surface area (Å²) in [6, 6.07) is 4.42. The largest absolute Gasteiger partial charge is 0.508 e. The summed E-state index contributed by atoms with van der Waals surface area (Å²) in [7, 11) is 0. The number of ether oxygens (including phenoxy) is 1. The summed E-state index contributed by atoms with van der Waals surface area (Å²) in [4.78, 5) is 25.2. The van der Waals surface area contributed by atoms with Crippen LogP contribution in [0.2, 0.25) is 0 Å². The molecule has 1 aromatic rings. The number of benzene rings is 1. The van der Waals surface area contributed by atoms with E-state index in [9.17, 15) is 14.7 Å². The minimum Gasteiger partial charge on any atom is -0.508 e. The van der Waals surface area contributed by atoms with Crippen LogP contribution in [0.3, 0.4) is 0 Å². The van der Waals surface area contributed by atoms with Crippen LogP contribution in [0.15, 0.2) is 18.2 Å². The van der Waals surface area contributed by atoms with Crippen LogP contribution in [0.5, 0.6) is 11.5 Å². The van der Waals surface area contributed by atoms with Crippen molar-refractivity contribution in [3.8, 4) is 11.5 Å². The first-order chi connectivity index (χ1) is 9.43. The molecule has 0 radical (unpaired) electrons. The molecular formula is C14H18N2O4. The monoisotopic (exact) mass is 278 g/mol. The second-order valence-electron chi connectivity index (χ2n) is 4.81. The summed E-state index contributed by atoms with van der Waals surface area (Å²) in [5.41, 5.74) is 4.65. The molecule has 108 valence electrons. The molecule has 0 atom stereocenters. The maximum atomic E-state index is 12.6. The fraction of sp³-hybridized carbons (Fsp3) is 0.429. The maximum absolute atomic E-state index is 12.6. The Bertz CT molecular complexity index is 552. The van der Waals surface area contributed by atoms with Crippen molar-refractivity contribution >= 4 is 17.5 Å². The van der Waals surface area contributed by atoms with Gasteiger partial charge in [0, 0.05) is 6.07 Å². The Morgan fingerprint density at radius 3 is 2.60 bits per heavy atom. The molecule has 1 aliphatic rings. The van der Waals surface area contributed by atoms with Crippen LogP contribution < -0.4 is 15.4 Å². The Kier molecular flexibility index (Phi) is 3.57. The van der Waals surface area contributed by atoms with Crippen LogP contribution >= 0.6 is 0 Å². The standard InChI is InChI=1S/C14H18N2O4/c1-3-14(4-2)13(19)16(8-12(15)18)10-6-5-9(17)7-11(10)20-14/h5-7,17H,3-4,8H2,1-2H3,(H2,15,18). The van der Waals surface area contributed by atoms with Gasteiger partial charge in [0.2, 0.25) is 5.91 Å². The van der Waals surface area contributed by atoms with Crippen molar-refractivity contribution in [2.24, 2.45) is 5.73 Å². The first-order valence-electron chi connectivity index (χ1n) is 6.56. The first kappa shape index (κ1) is 14.2. The highest BCUT2D eigenvalue weighted by Gasteiger charge is 2.46.